The Hall–Kier alpha value is -1.58. The van der Waals surface area contributed by atoms with Crippen molar-refractivity contribution in [3.63, 3.8) is 0 Å². The van der Waals surface area contributed by atoms with Crippen LogP contribution in [0.15, 0.2) is 30.9 Å². The topological polar surface area (TPSA) is 44.1 Å². The number of carbonyl (C=O) groups excluding carboxylic acids is 1. The van der Waals surface area contributed by atoms with Crippen LogP contribution in [0.4, 0.5) is 0 Å². The fraction of sp³-hybridized carbons (Fsp3) is 0.500. The molecule has 1 heterocycles. The molecule has 88 valence electrons. The highest BCUT2D eigenvalue weighted by Gasteiger charge is 1.97. The van der Waals surface area contributed by atoms with E-state index in [0.29, 0.717) is 6.42 Å². The summed E-state index contributed by atoms with van der Waals surface area (Å²) >= 11 is 0. The van der Waals surface area contributed by atoms with E-state index in [4.69, 9.17) is 0 Å². The molecule has 0 amide bonds. The van der Waals surface area contributed by atoms with Gasteiger partial charge in [-0.25, -0.2) is 4.98 Å². The smallest absolute Gasteiger partial charge is 0.305 e. The van der Waals surface area contributed by atoms with Gasteiger partial charge in [-0.05, 0) is 19.3 Å². The molecule has 4 heteroatoms. The minimum Gasteiger partial charge on any atom is -0.469 e. The molecule has 0 fully saturated rings. The van der Waals surface area contributed by atoms with Gasteiger partial charge in [0.2, 0.25) is 0 Å². The van der Waals surface area contributed by atoms with Crippen molar-refractivity contribution in [2.24, 2.45) is 0 Å². The molecule has 1 aromatic heterocycles. The molecular weight excluding hydrogens is 204 g/mol. The van der Waals surface area contributed by atoms with E-state index in [-0.39, 0.29) is 5.97 Å². The number of allylic oxidation sites excluding steroid dienone is 2. The lowest BCUT2D eigenvalue weighted by Crippen LogP contribution is -1.98. The van der Waals surface area contributed by atoms with Crippen LogP contribution in [0.25, 0.3) is 0 Å². The molecular formula is C12H18N2O2. The van der Waals surface area contributed by atoms with Crippen molar-refractivity contribution < 1.29 is 9.53 Å². The average Bonchev–Trinajstić information content (AvgIpc) is 2.80. The number of methoxy groups -OCH3 is 1. The van der Waals surface area contributed by atoms with E-state index < -0.39 is 0 Å². The number of hydrogen-bond acceptors (Lipinski definition) is 3. The second-order valence-corrected chi connectivity index (χ2v) is 3.55. The molecule has 4 nitrogen and oxygen atoms in total. The minimum absolute atomic E-state index is 0.123. The molecule has 16 heavy (non-hydrogen) atoms. The second kappa shape index (κ2) is 7.68. The molecule has 1 aromatic rings. The fourth-order valence-electron chi connectivity index (χ4n) is 1.34. The maximum Gasteiger partial charge on any atom is 0.305 e. The van der Waals surface area contributed by atoms with Crippen molar-refractivity contribution in [3.8, 4) is 0 Å². The molecule has 0 atom stereocenters. The lowest BCUT2D eigenvalue weighted by molar-refractivity contribution is -0.140. The van der Waals surface area contributed by atoms with E-state index in [0.717, 1.165) is 25.8 Å². The molecule has 0 aliphatic carbocycles. The van der Waals surface area contributed by atoms with Crippen molar-refractivity contribution in [1.29, 1.82) is 0 Å². The Morgan fingerprint density at radius 3 is 3.00 bits per heavy atom. The van der Waals surface area contributed by atoms with Crippen molar-refractivity contribution in [2.45, 2.75) is 32.2 Å². The quantitative estimate of drug-likeness (QED) is 0.403. The zero-order valence-corrected chi connectivity index (χ0v) is 9.63. The predicted molar refractivity (Wildman–Crippen MR) is 61.9 cm³/mol. The van der Waals surface area contributed by atoms with E-state index >= 15 is 0 Å². The standard InChI is InChI=1S/C12H18N2O2/c1-16-12(15)7-5-3-2-4-6-9-14-10-8-13-11-14/h4,6,8,10-11H,2-3,5,7,9H2,1H3. The minimum atomic E-state index is -0.123. The van der Waals surface area contributed by atoms with Crippen LogP contribution in [0.5, 0.6) is 0 Å². The van der Waals surface area contributed by atoms with Crippen LogP contribution in [0.1, 0.15) is 25.7 Å². The average molecular weight is 222 g/mol. The molecule has 0 spiro atoms. The number of carbonyl (C=O) groups is 1. The van der Waals surface area contributed by atoms with Gasteiger partial charge < -0.3 is 9.30 Å². The summed E-state index contributed by atoms with van der Waals surface area (Å²) in [4.78, 5) is 14.8. The van der Waals surface area contributed by atoms with Crippen LogP contribution < -0.4 is 0 Å². The zero-order valence-electron chi connectivity index (χ0n) is 9.63. The number of esters is 1. The number of aromatic nitrogens is 2. The van der Waals surface area contributed by atoms with E-state index in [1.165, 1.54) is 7.11 Å². The van der Waals surface area contributed by atoms with Crippen molar-refractivity contribution in [1.82, 2.24) is 9.55 Å². The van der Waals surface area contributed by atoms with Gasteiger partial charge in [-0.3, -0.25) is 4.79 Å². The third kappa shape index (κ3) is 5.34. The van der Waals surface area contributed by atoms with Gasteiger partial charge in [0.25, 0.3) is 0 Å². The summed E-state index contributed by atoms with van der Waals surface area (Å²) < 4.78 is 6.56. The second-order valence-electron chi connectivity index (χ2n) is 3.55. The van der Waals surface area contributed by atoms with Gasteiger partial charge in [0.1, 0.15) is 0 Å². The Bertz CT molecular complexity index is 318. The lowest BCUT2D eigenvalue weighted by Gasteiger charge is -1.97. The molecule has 0 saturated carbocycles. The molecule has 0 aromatic carbocycles. The number of unbranched alkanes of at least 4 members (excludes halogenated alkanes) is 2. The van der Waals surface area contributed by atoms with E-state index in [1.54, 1.807) is 12.5 Å². The maximum atomic E-state index is 10.8. The van der Waals surface area contributed by atoms with Gasteiger partial charge in [0.15, 0.2) is 0 Å². The van der Waals surface area contributed by atoms with E-state index in [2.05, 4.69) is 21.9 Å². The number of nitrogens with zero attached hydrogens (tertiary/aromatic N) is 2. The third-order valence-electron chi connectivity index (χ3n) is 2.27. The first-order valence-corrected chi connectivity index (χ1v) is 5.50. The van der Waals surface area contributed by atoms with Crippen molar-refractivity contribution in [3.05, 3.63) is 30.9 Å². The normalized spacial score (nSPS) is 10.8. The largest absolute Gasteiger partial charge is 0.469 e. The van der Waals surface area contributed by atoms with Crippen LogP contribution in [-0.2, 0) is 16.1 Å². The first-order valence-electron chi connectivity index (χ1n) is 5.50. The first-order chi connectivity index (χ1) is 7.83. The molecule has 0 saturated heterocycles. The highest BCUT2D eigenvalue weighted by molar-refractivity contribution is 5.68. The lowest BCUT2D eigenvalue weighted by atomic mass is 10.2. The fourth-order valence-corrected chi connectivity index (χ4v) is 1.34. The van der Waals surface area contributed by atoms with Crippen molar-refractivity contribution in [2.75, 3.05) is 7.11 Å². The number of imidazole rings is 1. The van der Waals surface area contributed by atoms with E-state index in [9.17, 15) is 4.79 Å². The third-order valence-corrected chi connectivity index (χ3v) is 2.27. The Morgan fingerprint density at radius 2 is 2.31 bits per heavy atom. The van der Waals surface area contributed by atoms with Gasteiger partial charge in [-0.1, -0.05) is 12.2 Å². The van der Waals surface area contributed by atoms with Gasteiger partial charge >= 0.3 is 5.97 Å². The summed E-state index contributed by atoms with van der Waals surface area (Å²) in [5.74, 6) is -0.123. The van der Waals surface area contributed by atoms with Crippen LogP contribution in [-0.4, -0.2) is 22.6 Å². The monoisotopic (exact) mass is 222 g/mol. The molecule has 0 N–H and O–H groups in total. The van der Waals surface area contributed by atoms with Crippen LogP contribution >= 0.6 is 0 Å². The Kier molecular flexibility index (Phi) is 5.99. The molecule has 0 aliphatic rings. The molecule has 1 rings (SSSR count). The summed E-state index contributed by atoms with van der Waals surface area (Å²) in [6.45, 7) is 0.858. The molecule has 0 unspecified atom stereocenters. The van der Waals surface area contributed by atoms with Crippen LogP contribution in [0.2, 0.25) is 0 Å². The number of ether oxygens (including phenoxy) is 1. The summed E-state index contributed by atoms with van der Waals surface area (Å²) in [7, 11) is 1.42. The van der Waals surface area contributed by atoms with Gasteiger partial charge in [-0.15, -0.1) is 0 Å². The maximum absolute atomic E-state index is 10.8. The van der Waals surface area contributed by atoms with Gasteiger partial charge in [0.05, 0.1) is 13.4 Å². The van der Waals surface area contributed by atoms with Crippen LogP contribution in [0, 0.1) is 0 Å². The SMILES string of the molecule is COC(=O)CCCCC=CCn1ccnc1. The summed E-state index contributed by atoms with van der Waals surface area (Å²) in [5, 5.41) is 0. The van der Waals surface area contributed by atoms with Crippen molar-refractivity contribution >= 4 is 5.97 Å². The molecule has 0 aliphatic heterocycles. The first kappa shape index (κ1) is 12.5. The molecule has 0 bridgehead atoms. The van der Waals surface area contributed by atoms with E-state index in [1.807, 2.05) is 10.8 Å². The number of hydrogen-bond donors (Lipinski definition) is 0. The highest BCUT2D eigenvalue weighted by Crippen LogP contribution is 2.02. The van der Waals surface area contributed by atoms with Gasteiger partial charge in [-0.2, -0.15) is 0 Å². The Balaban J connectivity index is 1.99. The Morgan fingerprint density at radius 1 is 1.44 bits per heavy atom. The number of rotatable bonds is 7. The zero-order chi connectivity index (χ0) is 11.6. The summed E-state index contributed by atoms with van der Waals surface area (Å²) in [6, 6.07) is 0. The van der Waals surface area contributed by atoms with Crippen LogP contribution in [0.3, 0.4) is 0 Å². The summed E-state index contributed by atoms with van der Waals surface area (Å²) in [6.07, 6.45) is 13.2. The summed E-state index contributed by atoms with van der Waals surface area (Å²) in [5.41, 5.74) is 0. The Labute approximate surface area is 95.9 Å². The highest BCUT2D eigenvalue weighted by atomic mass is 16.5. The van der Waals surface area contributed by atoms with Gasteiger partial charge in [0, 0.05) is 25.4 Å². The predicted octanol–water partition coefficient (Wildman–Crippen LogP) is 2.17. The molecule has 0 radical (unpaired) electrons.